The lowest BCUT2D eigenvalue weighted by Gasteiger charge is -2.19. The summed E-state index contributed by atoms with van der Waals surface area (Å²) in [7, 11) is 0. The molecule has 0 unspecified atom stereocenters. The molecule has 0 atom stereocenters. The maximum absolute atomic E-state index is 12.8. The number of halogens is 5. The lowest BCUT2D eigenvalue weighted by atomic mass is 10.0. The Morgan fingerprint density at radius 1 is 0.667 bits per heavy atom. The van der Waals surface area contributed by atoms with E-state index in [0.717, 1.165) is 57.2 Å². The number of unbranched alkanes of at least 4 members (excludes halogenated alkanes) is 13. The molecule has 0 aromatic heterocycles. The Bertz CT molecular complexity index is 647. The number of aromatic carboxylic acids is 1. The van der Waals surface area contributed by atoms with E-state index in [2.05, 4.69) is 5.32 Å². The van der Waals surface area contributed by atoms with Crippen LogP contribution in [0.1, 0.15) is 107 Å². The average molecular weight is 480 g/mol. The van der Waals surface area contributed by atoms with Crippen molar-refractivity contribution in [3.63, 3.8) is 0 Å². The fourth-order valence-corrected chi connectivity index (χ4v) is 3.70. The molecule has 2 N–H and O–H groups in total. The van der Waals surface area contributed by atoms with Crippen LogP contribution in [0.4, 0.5) is 27.6 Å². The minimum Gasteiger partial charge on any atom is -0.478 e. The van der Waals surface area contributed by atoms with Gasteiger partial charge in [-0.05, 0) is 37.1 Å². The van der Waals surface area contributed by atoms with E-state index in [4.69, 9.17) is 5.11 Å². The second-order valence-corrected chi connectivity index (χ2v) is 8.71. The van der Waals surface area contributed by atoms with Crippen molar-refractivity contribution in [1.82, 2.24) is 0 Å². The molecule has 0 radical (unpaired) electrons. The number of nitrogens with one attached hydrogen (secondary N) is 1. The van der Waals surface area contributed by atoms with Gasteiger partial charge in [0.15, 0.2) is 0 Å². The second kappa shape index (κ2) is 15.9. The molecule has 1 rings (SSSR count). The van der Waals surface area contributed by atoms with Gasteiger partial charge in [-0.15, -0.1) is 0 Å². The molecule has 0 saturated carbocycles. The molecule has 33 heavy (non-hydrogen) atoms. The summed E-state index contributed by atoms with van der Waals surface area (Å²) in [6, 6.07) is 6.75. The van der Waals surface area contributed by atoms with Gasteiger partial charge in [0.2, 0.25) is 0 Å². The smallest absolute Gasteiger partial charge is 0.453 e. The first-order valence-corrected chi connectivity index (χ1v) is 12.2. The highest BCUT2D eigenvalue weighted by Crippen LogP contribution is 2.39. The highest BCUT2D eigenvalue weighted by atomic mass is 19.4. The number of hydrogen-bond donors (Lipinski definition) is 2. The van der Waals surface area contributed by atoms with Gasteiger partial charge in [-0.1, -0.05) is 77.0 Å². The zero-order valence-corrected chi connectivity index (χ0v) is 19.4. The molecule has 0 amide bonds. The van der Waals surface area contributed by atoms with Crippen LogP contribution in [0.25, 0.3) is 0 Å². The van der Waals surface area contributed by atoms with Crippen molar-refractivity contribution in [2.24, 2.45) is 0 Å². The molecule has 0 aliphatic carbocycles. The van der Waals surface area contributed by atoms with E-state index in [-0.39, 0.29) is 12.0 Å². The van der Waals surface area contributed by atoms with Gasteiger partial charge in [-0.2, -0.15) is 22.0 Å². The van der Waals surface area contributed by atoms with Gasteiger partial charge in [-0.3, -0.25) is 0 Å². The first-order valence-electron chi connectivity index (χ1n) is 12.2. The van der Waals surface area contributed by atoms with Crippen LogP contribution in [0, 0.1) is 0 Å². The van der Waals surface area contributed by atoms with Crippen molar-refractivity contribution in [2.45, 2.75) is 108 Å². The average Bonchev–Trinajstić information content (AvgIpc) is 2.75. The van der Waals surface area contributed by atoms with Crippen molar-refractivity contribution in [2.75, 3.05) is 11.9 Å². The summed E-state index contributed by atoms with van der Waals surface area (Å²) in [4.78, 5) is 10.8. The topological polar surface area (TPSA) is 49.3 Å². The third-order valence-corrected chi connectivity index (χ3v) is 5.79. The van der Waals surface area contributed by atoms with Gasteiger partial charge in [0.25, 0.3) is 0 Å². The molecular weight excluding hydrogens is 441 g/mol. The summed E-state index contributed by atoms with van der Waals surface area (Å²) in [6.07, 6.45) is 6.97. The number of benzene rings is 1. The van der Waals surface area contributed by atoms with Gasteiger partial charge >= 0.3 is 18.1 Å². The lowest BCUT2D eigenvalue weighted by Crippen LogP contribution is -2.36. The van der Waals surface area contributed by atoms with Crippen LogP contribution in [0.2, 0.25) is 0 Å². The largest absolute Gasteiger partial charge is 0.478 e. The van der Waals surface area contributed by atoms with E-state index in [1.54, 1.807) is 24.3 Å². The van der Waals surface area contributed by atoms with E-state index in [1.807, 2.05) is 0 Å². The standard InChI is InChI=1S/C25H38F5NO2/c26-24(27,25(28,29)30)19-13-11-9-7-5-3-1-2-4-6-8-10-12-14-20-31-22-17-15-21(16-18-22)23(32)33/h15-18,31H,1-14,19-20H2,(H,32,33). The summed E-state index contributed by atoms with van der Waals surface area (Å²) in [5.41, 5.74) is 1.22. The molecule has 0 fully saturated rings. The Balaban J connectivity index is 1.82. The summed E-state index contributed by atoms with van der Waals surface area (Å²) in [5.74, 6) is -5.48. The minimum absolute atomic E-state index is 0.0809. The Hall–Kier alpha value is -1.86. The third-order valence-electron chi connectivity index (χ3n) is 5.79. The van der Waals surface area contributed by atoms with Gasteiger partial charge in [0, 0.05) is 18.7 Å². The summed E-state index contributed by atoms with van der Waals surface area (Å²) in [5, 5.41) is 12.2. The number of alkyl halides is 5. The van der Waals surface area contributed by atoms with Crippen LogP contribution in [0.3, 0.4) is 0 Å². The Labute approximate surface area is 194 Å². The maximum Gasteiger partial charge on any atom is 0.453 e. The molecule has 3 nitrogen and oxygen atoms in total. The predicted octanol–water partition coefficient (Wildman–Crippen LogP) is 8.85. The Morgan fingerprint density at radius 2 is 1.06 bits per heavy atom. The molecule has 0 aliphatic rings. The third kappa shape index (κ3) is 13.4. The van der Waals surface area contributed by atoms with Crippen LogP contribution in [-0.4, -0.2) is 29.7 Å². The SMILES string of the molecule is O=C(O)c1ccc(NCCCCCCCCCCCCCCCCC(F)(F)C(F)(F)F)cc1. The van der Waals surface area contributed by atoms with Gasteiger partial charge < -0.3 is 10.4 Å². The van der Waals surface area contributed by atoms with Gasteiger partial charge in [-0.25, -0.2) is 4.79 Å². The van der Waals surface area contributed by atoms with E-state index in [0.29, 0.717) is 6.42 Å². The molecular formula is C25H38F5NO2. The summed E-state index contributed by atoms with van der Waals surface area (Å²) in [6.45, 7) is 0.872. The fraction of sp³-hybridized carbons (Fsp3) is 0.720. The predicted molar refractivity (Wildman–Crippen MR) is 122 cm³/mol. The zero-order valence-electron chi connectivity index (χ0n) is 19.4. The van der Waals surface area contributed by atoms with Crippen molar-refractivity contribution in [3.8, 4) is 0 Å². The van der Waals surface area contributed by atoms with Crippen LogP contribution >= 0.6 is 0 Å². The summed E-state index contributed by atoms with van der Waals surface area (Å²) >= 11 is 0. The molecule has 190 valence electrons. The fourth-order valence-electron chi connectivity index (χ4n) is 3.70. The van der Waals surface area contributed by atoms with Crippen LogP contribution in [0.15, 0.2) is 24.3 Å². The molecule has 0 aliphatic heterocycles. The number of hydrogen-bond acceptors (Lipinski definition) is 2. The maximum atomic E-state index is 12.8. The molecule has 1 aromatic rings. The van der Waals surface area contributed by atoms with Crippen molar-refractivity contribution < 1.29 is 31.9 Å². The van der Waals surface area contributed by atoms with Crippen molar-refractivity contribution in [1.29, 1.82) is 0 Å². The molecule has 0 heterocycles. The van der Waals surface area contributed by atoms with E-state index < -0.39 is 24.5 Å². The second-order valence-electron chi connectivity index (χ2n) is 8.71. The minimum atomic E-state index is -5.43. The zero-order chi connectivity index (χ0) is 24.6. The monoisotopic (exact) mass is 479 g/mol. The molecule has 0 spiro atoms. The van der Waals surface area contributed by atoms with Gasteiger partial charge in [0.1, 0.15) is 0 Å². The molecule has 0 saturated heterocycles. The van der Waals surface area contributed by atoms with E-state index >= 15 is 0 Å². The number of anilines is 1. The number of carboxylic acid groups (broad SMARTS) is 1. The lowest BCUT2D eigenvalue weighted by molar-refractivity contribution is -0.284. The highest BCUT2D eigenvalue weighted by molar-refractivity contribution is 5.87. The highest BCUT2D eigenvalue weighted by Gasteiger charge is 2.56. The Morgan fingerprint density at radius 3 is 1.45 bits per heavy atom. The van der Waals surface area contributed by atoms with Crippen LogP contribution in [-0.2, 0) is 0 Å². The quantitative estimate of drug-likeness (QED) is 0.154. The van der Waals surface area contributed by atoms with Crippen molar-refractivity contribution >= 4 is 11.7 Å². The Kier molecular flexibility index (Phi) is 14.0. The molecule has 0 bridgehead atoms. The van der Waals surface area contributed by atoms with Gasteiger partial charge in [0.05, 0.1) is 5.56 Å². The molecule has 8 heteroatoms. The first-order chi connectivity index (χ1) is 15.6. The normalized spacial score (nSPS) is 12.2. The van der Waals surface area contributed by atoms with E-state index in [1.165, 1.54) is 32.1 Å². The number of carbonyl (C=O) groups is 1. The number of carboxylic acids is 1. The van der Waals surface area contributed by atoms with Crippen molar-refractivity contribution in [3.05, 3.63) is 29.8 Å². The first kappa shape index (κ1) is 29.2. The number of rotatable bonds is 19. The van der Waals surface area contributed by atoms with Crippen LogP contribution < -0.4 is 5.32 Å². The summed E-state index contributed by atoms with van der Waals surface area (Å²) < 4.78 is 61.7. The van der Waals surface area contributed by atoms with Crippen LogP contribution in [0.5, 0.6) is 0 Å². The van der Waals surface area contributed by atoms with E-state index in [9.17, 15) is 26.7 Å². The molecule has 1 aromatic carbocycles.